The summed E-state index contributed by atoms with van der Waals surface area (Å²) in [5, 5.41) is 0. The summed E-state index contributed by atoms with van der Waals surface area (Å²) in [6.07, 6.45) is 3.04. The molecule has 15 heavy (non-hydrogen) atoms. The van der Waals surface area contributed by atoms with Gasteiger partial charge in [0.15, 0.2) is 0 Å². The number of nitrogens with zero attached hydrogens (tertiary/aromatic N) is 2. The Morgan fingerprint density at radius 2 is 2.27 bits per heavy atom. The number of rotatable bonds is 3. The molecule has 0 aromatic rings. The third kappa shape index (κ3) is 3.09. The van der Waals surface area contributed by atoms with E-state index in [9.17, 15) is 4.79 Å². The van der Waals surface area contributed by atoms with E-state index in [1.165, 1.54) is 0 Å². The van der Waals surface area contributed by atoms with Crippen LogP contribution in [0.3, 0.4) is 0 Å². The van der Waals surface area contributed by atoms with Crippen LogP contribution in [-0.4, -0.2) is 48.8 Å². The van der Waals surface area contributed by atoms with E-state index in [0.717, 1.165) is 25.8 Å². The van der Waals surface area contributed by atoms with Crippen LogP contribution in [0.25, 0.3) is 0 Å². The molecule has 1 rings (SSSR count). The molecule has 0 N–H and O–H groups in total. The Bertz CT molecular complexity index is 219. The first-order chi connectivity index (χ1) is 7.06. The van der Waals surface area contributed by atoms with Crippen molar-refractivity contribution in [3.05, 3.63) is 0 Å². The Balaban J connectivity index is 2.51. The molecule has 0 aliphatic carbocycles. The van der Waals surface area contributed by atoms with Crippen LogP contribution in [0.15, 0.2) is 0 Å². The molecule has 88 valence electrons. The monoisotopic (exact) mass is 214 g/mol. The average molecular weight is 214 g/mol. The van der Waals surface area contributed by atoms with Gasteiger partial charge >= 0.3 is 6.09 Å². The van der Waals surface area contributed by atoms with Crippen molar-refractivity contribution in [3.8, 4) is 0 Å². The molecule has 0 aromatic heterocycles. The Kier molecular flexibility index (Phi) is 4.39. The lowest BCUT2D eigenvalue weighted by Crippen LogP contribution is -2.44. The average Bonchev–Trinajstić information content (AvgIpc) is 2.65. The van der Waals surface area contributed by atoms with Gasteiger partial charge in [0.2, 0.25) is 0 Å². The van der Waals surface area contributed by atoms with Crippen LogP contribution in [0.4, 0.5) is 4.79 Å². The largest absolute Gasteiger partial charge is 0.446 e. The van der Waals surface area contributed by atoms with Crippen molar-refractivity contribution in [2.75, 3.05) is 20.6 Å². The number of hydrogen-bond acceptors (Lipinski definition) is 3. The molecule has 0 saturated carbocycles. The summed E-state index contributed by atoms with van der Waals surface area (Å²) < 4.78 is 5.32. The minimum Gasteiger partial charge on any atom is -0.446 e. The van der Waals surface area contributed by atoms with Crippen molar-refractivity contribution in [1.82, 2.24) is 9.80 Å². The molecule has 1 heterocycles. The maximum Gasteiger partial charge on any atom is 0.411 e. The number of ether oxygens (including phenoxy) is 1. The van der Waals surface area contributed by atoms with Crippen LogP contribution in [0.2, 0.25) is 0 Å². The number of likely N-dealkylation sites (tertiary alicyclic amines) is 1. The first kappa shape index (κ1) is 12.3. The van der Waals surface area contributed by atoms with Gasteiger partial charge < -0.3 is 4.74 Å². The lowest BCUT2D eigenvalue weighted by molar-refractivity contribution is 0.0430. The van der Waals surface area contributed by atoms with Gasteiger partial charge in [0.25, 0.3) is 0 Å². The fourth-order valence-electron chi connectivity index (χ4n) is 1.82. The van der Waals surface area contributed by atoms with Crippen LogP contribution >= 0.6 is 0 Å². The molecule has 0 bridgehead atoms. The number of hydrogen-bond donors (Lipinski definition) is 0. The second kappa shape index (κ2) is 5.35. The van der Waals surface area contributed by atoms with E-state index in [1.54, 1.807) is 0 Å². The molecule has 1 saturated heterocycles. The van der Waals surface area contributed by atoms with Crippen molar-refractivity contribution >= 4 is 6.09 Å². The Hall–Kier alpha value is -0.770. The smallest absolute Gasteiger partial charge is 0.411 e. The summed E-state index contributed by atoms with van der Waals surface area (Å²) in [5.41, 5.74) is 0. The quantitative estimate of drug-likeness (QED) is 0.719. The molecule has 2 atom stereocenters. The predicted octanol–water partition coefficient (Wildman–Crippen LogP) is 1.91. The minimum atomic E-state index is -0.166. The van der Waals surface area contributed by atoms with Crippen molar-refractivity contribution in [1.29, 1.82) is 0 Å². The van der Waals surface area contributed by atoms with Crippen molar-refractivity contribution in [2.24, 2.45) is 0 Å². The third-order valence-electron chi connectivity index (χ3n) is 2.93. The lowest BCUT2D eigenvalue weighted by Gasteiger charge is -2.29. The maximum absolute atomic E-state index is 11.8. The summed E-state index contributed by atoms with van der Waals surface area (Å²) in [6, 6.07) is 0. The molecule has 4 heteroatoms. The van der Waals surface area contributed by atoms with Gasteiger partial charge in [-0.25, -0.2) is 4.79 Å². The van der Waals surface area contributed by atoms with Gasteiger partial charge in [0, 0.05) is 6.54 Å². The van der Waals surface area contributed by atoms with E-state index in [0.29, 0.717) is 0 Å². The molecule has 0 radical (unpaired) electrons. The third-order valence-corrected chi connectivity index (χ3v) is 2.93. The number of carbonyl (C=O) groups excluding carboxylic acids is 1. The van der Waals surface area contributed by atoms with Crippen LogP contribution in [-0.2, 0) is 4.74 Å². The highest BCUT2D eigenvalue weighted by atomic mass is 16.6. The molecule has 4 nitrogen and oxygen atoms in total. The Morgan fingerprint density at radius 1 is 1.60 bits per heavy atom. The SMILES string of the molecule is CCC(C)OC(=O)N1CCCC1N(C)C. The van der Waals surface area contributed by atoms with Crippen molar-refractivity contribution < 1.29 is 9.53 Å². The highest BCUT2D eigenvalue weighted by Gasteiger charge is 2.31. The van der Waals surface area contributed by atoms with E-state index < -0.39 is 0 Å². The molecule has 0 spiro atoms. The second-order valence-electron chi connectivity index (χ2n) is 4.38. The molecule has 1 aliphatic rings. The molecule has 2 unspecified atom stereocenters. The van der Waals surface area contributed by atoms with E-state index >= 15 is 0 Å². The van der Waals surface area contributed by atoms with Gasteiger partial charge in [-0.1, -0.05) is 6.92 Å². The first-order valence-corrected chi connectivity index (χ1v) is 5.70. The normalized spacial score (nSPS) is 23.3. The standard InChI is InChI=1S/C11H22N2O2/c1-5-9(2)15-11(14)13-8-6-7-10(13)12(3)4/h9-10H,5-8H2,1-4H3. The fraction of sp³-hybridized carbons (Fsp3) is 0.909. The van der Waals surface area contributed by atoms with Gasteiger partial charge in [-0.05, 0) is 40.3 Å². The second-order valence-corrected chi connectivity index (χ2v) is 4.38. The molecule has 0 aromatic carbocycles. The van der Waals surface area contributed by atoms with E-state index in [-0.39, 0.29) is 18.4 Å². The Morgan fingerprint density at radius 3 is 2.80 bits per heavy atom. The van der Waals surface area contributed by atoms with Gasteiger partial charge in [0.1, 0.15) is 6.10 Å². The van der Waals surface area contributed by atoms with Gasteiger partial charge in [0.05, 0.1) is 6.17 Å². The lowest BCUT2D eigenvalue weighted by atomic mass is 10.3. The molecular weight excluding hydrogens is 192 g/mol. The number of amides is 1. The number of carbonyl (C=O) groups is 1. The fourth-order valence-corrected chi connectivity index (χ4v) is 1.82. The van der Waals surface area contributed by atoms with Gasteiger partial charge in [-0.15, -0.1) is 0 Å². The maximum atomic E-state index is 11.8. The van der Waals surface area contributed by atoms with E-state index in [2.05, 4.69) is 4.90 Å². The van der Waals surface area contributed by atoms with E-state index in [1.807, 2.05) is 32.8 Å². The summed E-state index contributed by atoms with van der Waals surface area (Å²) in [6.45, 7) is 4.77. The van der Waals surface area contributed by atoms with Crippen molar-refractivity contribution in [2.45, 2.75) is 45.4 Å². The topological polar surface area (TPSA) is 32.8 Å². The first-order valence-electron chi connectivity index (χ1n) is 5.70. The van der Waals surface area contributed by atoms with Crippen molar-refractivity contribution in [3.63, 3.8) is 0 Å². The summed E-state index contributed by atoms with van der Waals surface area (Å²) >= 11 is 0. The molecule has 1 aliphatic heterocycles. The highest BCUT2D eigenvalue weighted by Crippen LogP contribution is 2.20. The summed E-state index contributed by atoms with van der Waals surface area (Å²) in [5.74, 6) is 0. The minimum absolute atomic E-state index is 0.0147. The van der Waals surface area contributed by atoms with Crippen LogP contribution in [0.5, 0.6) is 0 Å². The zero-order valence-corrected chi connectivity index (χ0v) is 10.2. The van der Waals surface area contributed by atoms with Gasteiger partial charge in [-0.3, -0.25) is 9.80 Å². The molecular formula is C11H22N2O2. The summed E-state index contributed by atoms with van der Waals surface area (Å²) in [4.78, 5) is 15.7. The summed E-state index contributed by atoms with van der Waals surface area (Å²) in [7, 11) is 4.00. The zero-order chi connectivity index (χ0) is 11.4. The van der Waals surface area contributed by atoms with Gasteiger partial charge in [-0.2, -0.15) is 0 Å². The predicted molar refractivity (Wildman–Crippen MR) is 59.6 cm³/mol. The van der Waals surface area contributed by atoms with Crippen LogP contribution < -0.4 is 0 Å². The molecule has 1 fully saturated rings. The van der Waals surface area contributed by atoms with Crippen LogP contribution in [0.1, 0.15) is 33.1 Å². The van der Waals surface area contributed by atoms with E-state index in [4.69, 9.17) is 4.74 Å². The Labute approximate surface area is 92.2 Å². The molecule has 1 amide bonds. The zero-order valence-electron chi connectivity index (χ0n) is 10.2. The highest BCUT2D eigenvalue weighted by molar-refractivity contribution is 5.68. The van der Waals surface area contributed by atoms with Crippen LogP contribution in [0, 0.1) is 0 Å².